The van der Waals surface area contributed by atoms with Crippen molar-refractivity contribution in [2.45, 2.75) is 46.1 Å². The van der Waals surface area contributed by atoms with E-state index in [1.54, 1.807) is 7.05 Å². The predicted molar refractivity (Wildman–Crippen MR) is 53.7 cm³/mol. The Hall–Kier alpha value is 0.981. The van der Waals surface area contributed by atoms with Gasteiger partial charge in [0.2, 0.25) is 0 Å². The van der Waals surface area contributed by atoms with Crippen LogP contribution in [-0.2, 0) is 0 Å². The summed E-state index contributed by atoms with van der Waals surface area (Å²) in [4.78, 5) is 4.07. The fraction of sp³-hybridized carbons (Fsp3) is 0.900. The molecule has 0 aromatic rings. The van der Waals surface area contributed by atoms with Crippen molar-refractivity contribution in [1.29, 1.82) is 0 Å². The van der Waals surface area contributed by atoms with Crippen LogP contribution in [0.5, 0.6) is 0 Å². The van der Waals surface area contributed by atoms with E-state index in [1.165, 1.54) is 0 Å². The minimum Gasteiger partial charge on any atom is -0.384 e. The van der Waals surface area contributed by atoms with Gasteiger partial charge in [-0.05, 0) is 19.3 Å². The van der Waals surface area contributed by atoms with Gasteiger partial charge in [-0.25, -0.2) is 0 Å². The second-order valence-corrected chi connectivity index (χ2v) is 3.64. The van der Waals surface area contributed by atoms with Crippen LogP contribution in [0.2, 0.25) is 0 Å². The number of hydrogen-bond acceptors (Lipinski definition) is 2. The summed E-state index contributed by atoms with van der Waals surface area (Å²) in [6.07, 6.45) is 1.79. The quantitative estimate of drug-likeness (QED) is 0.793. The SMILES string of the molecule is CCCC(O)(C(C)=NC)C(C)C.[Nd]. The molecule has 0 bridgehead atoms. The normalized spacial score (nSPS) is 16.7. The number of rotatable bonds is 4. The topological polar surface area (TPSA) is 32.6 Å². The number of aliphatic imine (C=N–C) groups is 1. The van der Waals surface area contributed by atoms with E-state index in [9.17, 15) is 5.11 Å². The Labute approximate surface area is 115 Å². The van der Waals surface area contributed by atoms with Gasteiger partial charge >= 0.3 is 0 Å². The second-order valence-electron chi connectivity index (χ2n) is 3.64. The van der Waals surface area contributed by atoms with Gasteiger partial charge in [-0.1, -0.05) is 27.2 Å². The van der Waals surface area contributed by atoms with Crippen molar-refractivity contribution < 1.29 is 45.9 Å². The van der Waals surface area contributed by atoms with Crippen molar-refractivity contribution in [2.24, 2.45) is 10.9 Å². The molecule has 0 heterocycles. The maximum Gasteiger partial charge on any atom is 0.104 e. The first kappa shape index (κ1) is 16.4. The molecule has 0 aliphatic heterocycles. The molecule has 1 N–H and O–H groups in total. The van der Waals surface area contributed by atoms with Crippen LogP contribution < -0.4 is 0 Å². The standard InChI is InChI=1S/C10H21NO.Nd/c1-6-7-10(12,8(2)3)9(4)11-5;/h8,12H,6-7H2,1-5H3;. The molecule has 0 saturated heterocycles. The Morgan fingerprint density at radius 1 is 1.46 bits per heavy atom. The summed E-state index contributed by atoms with van der Waals surface area (Å²) in [6.45, 7) is 8.04. The maximum absolute atomic E-state index is 10.2. The van der Waals surface area contributed by atoms with E-state index in [0.717, 1.165) is 18.6 Å². The summed E-state index contributed by atoms with van der Waals surface area (Å²) in [5, 5.41) is 10.2. The van der Waals surface area contributed by atoms with E-state index in [1.807, 2.05) is 20.8 Å². The molecule has 0 spiro atoms. The van der Waals surface area contributed by atoms with E-state index in [-0.39, 0.29) is 46.8 Å². The van der Waals surface area contributed by atoms with Crippen molar-refractivity contribution in [2.75, 3.05) is 7.05 Å². The molecule has 0 fully saturated rings. The van der Waals surface area contributed by atoms with Crippen LogP contribution in [0, 0.1) is 46.8 Å². The molecule has 0 aromatic carbocycles. The Morgan fingerprint density at radius 2 is 1.92 bits per heavy atom. The molecular weight excluding hydrogens is 294 g/mol. The van der Waals surface area contributed by atoms with Crippen LogP contribution in [-0.4, -0.2) is 23.5 Å². The van der Waals surface area contributed by atoms with Gasteiger partial charge in [0.15, 0.2) is 0 Å². The zero-order valence-electron chi connectivity index (χ0n) is 9.39. The zero-order valence-corrected chi connectivity index (χ0v) is 12.6. The van der Waals surface area contributed by atoms with Crippen molar-refractivity contribution in [3.8, 4) is 0 Å². The largest absolute Gasteiger partial charge is 0.384 e. The molecule has 13 heavy (non-hydrogen) atoms. The molecule has 76 valence electrons. The second kappa shape index (κ2) is 7.30. The molecule has 0 radical (unpaired) electrons. The first-order valence-electron chi connectivity index (χ1n) is 4.65. The van der Waals surface area contributed by atoms with Crippen LogP contribution in [0.25, 0.3) is 0 Å². The molecule has 0 aromatic heterocycles. The third-order valence-electron chi connectivity index (χ3n) is 2.55. The predicted octanol–water partition coefficient (Wildman–Crippen LogP) is 2.26. The van der Waals surface area contributed by atoms with Gasteiger partial charge in [0, 0.05) is 53.6 Å². The molecule has 0 amide bonds. The molecule has 2 nitrogen and oxygen atoms in total. The van der Waals surface area contributed by atoms with Crippen molar-refractivity contribution >= 4 is 5.71 Å². The summed E-state index contributed by atoms with van der Waals surface area (Å²) < 4.78 is 0. The summed E-state index contributed by atoms with van der Waals surface area (Å²) in [7, 11) is 1.73. The third-order valence-corrected chi connectivity index (χ3v) is 2.55. The molecule has 0 aliphatic rings. The molecule has 0 saturated carbocycles. The third kappa shape index (κ3) is 4.34. The number of aliphatic hydroxyl groups is 1. The monoisotopic (exact) mass is 313 g/mol. The van der Waals surface area contributed by atoms with E-state index in [4.69, 9.17) is 0 Å². The Bertz CT molecular complexity index is 168. The Morgan fingerprint density at radius 3 is 2.15 bits per heavy atom. The first-order chi connectivity index (χ1) is 5.49. The molecule has 0 rings (SSSR count). The fourth-order valence-corrected chi connectivity index (χ4v) is 1.46. The van der Waals surface area contributed by atoms with Gasteiger partial charge in [-0.15, -0.1) is 0 Å². The molecular formula is C10H21NNdO. The van der Waals surface area contributed by atoms with Gasteiger partial charge in [0.1, 0.15) is 5.60 Å². The number of hydrogen-bond donors (Lipinski definition) is 1. The summed E-state index contributed by atoms with van der Waals surface area (Å²) in [5.41, 5.74) is 0.156. The van der Waals surface area contributed by atoms with Crippen LogP contribution in [0.15, 0.2) is 4.99 Å². The van der Waals surface area contributed by atoms with Gasteiger partial charge in [-0.3, -0.25) is 4.99 Å². The Kier molecular flexibility index (Phi) is 9.21. The average Bonchev–Trinajstić information content (AvgIpc) is 2.03. The minimum absolute atomic E-state index is 0. The fourth-order valence-electron chi connectivity index (χ4n) is 1.46. The molecule has 1 atom stereocenters. The smallest absolute Gasteiger partial charge is 0.104 e. The zero-order chi connectivity index (χ0) is 9.78. The van der Waals surface area contributed by atoms with Crippen LogP contribution in [0.4, 0.5) is 0 Å². The van der Waals surface area contributed by atoms with E-state index in [2.05, 4.69) is 11.9 Å². The first-order valence-corrected chi connectivity index (χ1v) is 4.65. The average molecular weight is 316 g/mol. The minimum atomic E-state index is -0.691. The van der Waals surface area contributed by atoms with E-state index >= 15 is 0 Å². The van der Waals surface area contributed by atoms with Crippen molar-refractivity contribution in [3.63, 3.8) is 0 Å². The van der Waals surface area contributed by atoms with Gasteiger partial charge in [0.05, 0.1) is 0 Å². The summed E-state index contributed by atoms with van der Waals surface area (Å²) in [5.74, 6) is 0.237. The molecule has 1 unspecified atom stereocenters. The summed E-state index contributed by atoms with van der Waals surface area (Å²) >= 11 is 0. The van der Waals surface area contributed by atoms with Crippen LogP contribution in [0.3, 0.4) is 0 Å². The van der Waals surface area contributed by atoms with Crippen LogP contribution in [0.1, 0.15) is 40.5 Å². The Balaban J connectivity index is 0. The molecule has 0 aliphatic carbocycles. The molecule has 3 heteroatoms. The van der Waals surface area contributed by atoms with Crippen LogP contribution >= 0.6 is 0 Å². The van der Waals surface area contributed by atoms with Gasteiger partial charge < -0.3 is 5.11 Å². The van der Waals surface area contributed by atoms with E-state index in [0.29, 0.717) is 0 Å². The number of nitrogens with zero attached hydrogens (tertiary/aromatic N) is 1. The van der Waals surface area contributed by atoms with Crippen molar-refractivity contribution in [1.82, 2.24) is 0 Å². The van der Waals surface area contributed by atoms with Gasteiger partial charge in [0.25, 0.3) is 0 Å². The van der Waals surface area contributed by atoms with E-state index < -0.39 is 5.60 Å². The van der Waals surface area contributed by atoms with Gasteiger partial charge in [-0.2, -0.15) is 0 Å². The maximum atomic E-state index is 10.2. The summed E-state index contributed by atoms with van der Waals surface area (Å²) in [6, 6.07) is 0. The van der Waals surface area contributed by atoms with Crippen molar-refractivity contribution in [3.05, 3.63) is 0 Å².